The van der Waals surface area contributed by atoms with Crippen molar-refractivity contribution in [2.24, 2.45) is 22.2 Å². The highest BCUT2D eigenvalue weighted by Crippen LogP contribution is 2.70. The highest BCUT2D eigenvalue weighted by atomic mass is 35.5. The van der Waals surface area contributed by atoms with Crippen molar-refractivity contribution in [2.45, 2.75) is 78.2 Å². The van der Waals surface area contributed by atoms with E-state index in [1.54, 1.807) is 0 Å². The van der Waals surface area contributed by atoms with Crippen molar-refractivity contribution in [1.82, 2.24) is 5.32 Å². The standard InChI is InChI=1S/C18H30ClNO/c1-4-14(9-19)20-15(21)8-18-7-13-5-16(2,11-18)10-17(3,6-13)12-18/h13-14H,4-12H2,1-3H3,(H,20,21). The third kappa shape index (κ3) is 2.98. The van der Waals surface area contributed by atoms with E-state index in [1.165, 1.54) is 38.5 Å². The van der Waals surface area contributed by atoms with Crippen LogP contribution in [-0.4, -0.2) is 17.8 Å². The van der Waals surface area contributed by atoms with Crippen LogP contribution in [0.15, 0.2) is 0 Å². The predicted molar refractivity (Wildman–Crippen MR) is 87.4 cm³/mol. The molecule has 4 fully saturated rings. The van der Waals surface area contributed by atoms with Gasteiger partial charge in [-0.15, -0.1) is 11.6 Å². The fraction of sp³-hybridized carbons (Fsp3) is 0.944. The van der Waals surface area contributed by atoms with Crippen molar-refractivity contribution >= 4 is 17.5 Å². The van der Waals surface area contributed by atoms with E-state index >= 15 is 0 Å². The van der Waals surface area contributed by atoms with Crippen LogP contribution >= 0.6 is 11.6 Å². The van der Waals surface area contributed by atoms with Crippen molar-refractivity contribution in [2.75, 3.05) is 5.88 Å². The van der Waals surface area contributed by atoms with Crippen LogP contribution in [0.5, 0.6) is 0 Å². The lowest BCUT2D eigenvalue weighted by Gasteiger charge is -2.65. The Hall–Kier alpha value is -0.240. The Bertz CT molecular complexity index is 413. The van der Waals surface area contributed by atoms with Gasteiger partial charge in [0, 0.05) is 18.3 Å². The summed E-state index contributed by atoms with van der Waals surface area (Å²) in [5.41, 5.74) is 1.26. The zero-order chi connectivity index (χ0) is 15.3. The molecule has 4 saturated carbocycles. The summed E-state index contributed by atoms with van der Waals surface area (Å²) in [4.78, 5) is 12.5. The fourth-order valence-corrected chi connectivity index (χ4v) is 7.05. The molecule has 0 aromatic heterocycles. The van der Waals surface area contributed by atoms with Gasteiger partial charge in [-0.05, 0) is 67.1 Å². The molecule has 2 nitrogen and oxygen atoms in total. The van der Waals surface area contributed by atoms with Crippen LogP contribution in [0.3, 0.4) is 0 Å². The maximum atomic E-state index is 12.5. The number of nitrogens with one attached hydrogen (secondary N) is 1. The molecule has 0 aliphatic heterocycles. The first kappa shape index (κ1) is 15.6. The van der Waals surface area contributed by atoms with E-state index in [0.29, 0.717) is 16.7 Å². The molecule has 4 aliphatic carbocycles. The van der Waals surface area contributed by atoms with Gasteiger partial charge in [-0.2, -0.15) is 0 Å². The summed E-state index contributed by atoms with van der Waals surface area (Å²) in [6.07, 6.45) is 9.61. The van der Waals surface area contributed by atoms with Gasteiger partial charge in [-0.3, -0.25) is 4.79 Å². The quantitative estimate of drug-likeness (QED) is 0.744. The zero-order valence-electron chi connectivity index (χ0n) is 13.8. The lowest BCUT2D eigenvalue weighted by atomic mass is 9.40. The third-order valence-electron chi connectivity index (χ3n) is 6.32. The van der Waals surface area contributed by atoms with Gasteiger partial charge >= 0.3 is 0 Å². The first-order chi connectivity index (χ1) is 9.79. The van der Waals surface area contributed by atoms with Crippen molar-refractivity contribution in [1.29, 1.82) is 0 Å². The third-order valence-corrected chi connectivity index (χ3v) is 6.69. The summed E-state index contributed by atoms with van der Waals surface area (Å²) < 4.78 is 0. The molecule has 0 heterocycles. The maximum Gasteiger partial charge on any atom is 0.220 e. The van der Waals surface area contributed by atoms with E-state index in [4.69, 9.17) is 11.6 Å². The average molecular weight is 312 g/mol. The molecule has 1 N–H and O–H groups in total. The number of carbonyl (C=O) groups excluding carboxylic acids is 1. The first-order valence-electron chi connectivity index (χ1n) is 8.65. The van der Waals surface area contributed by atoms with Crippen LogP contribution in [0.1, 0.15) is 72.1 Å². The van der Waals surface area contributed by atoms with Gasteiger partial charge < -0.3 is 5.32 Å². The van der Waals surface area contributed by atoms with Crippen LogP contribution in [0.4, 0.5) is 0 Å². The van der Waals surface area contributed by atoms with Gasteiger partial charge in [-0.25, -0.2) is 0 Å². The summed E-state index contributed by atoms with van der Waals surface area (Å²) in [6.45, 7) is 7.02. The monoisotopic (exact) mass is 311 g/mol. The minimum Gasteiger partial charge on any atom is -0.352 e. The minimum absolute atomic E-state index is 0.138. The SMILES string of the molecule is CCC(CCl)NC(=O)CC12CC3CC(C)(CC(C)(C3)C1)C2. The topological polar surface area (TPSA) is 29.1 Å². The van der Waals surface area contributed by atoms with Crippen LogP contribution < -0.4 is 5.32 Å². The summed E-state index contributed by atoms with van der Waals surface area (Å²) in [5, 5.41) is 3.15. The molecule has 3 unspecified atom stereocenters. The summed E-state index contributed by atoms with van der Waals surface area (Å²) in [6, 6.07) is 0.138. The maximum absolute atomic E-state index is 12.5. The van der Waals surface area contributed by atoms with E-state index in [9.17, 15) is 4.79 Å². The number of alkyl halides is 1. The highest BCUT2D eigenvalue weighted by molar-refractivity contribution is 6.18. The van der Waals surface area contributed by atoms with Gasteiger partial charge in [0.25, 0.3) is 0 Å². The molecule has 0 aromatic rings. The van der Waals surface area contributed by atoms with Crippen molar-refractivity contribution < 1.29 is 4.79 Å². The Morgan fingerprint density at radius 1 is 1.19 bits per heavy atom. The number of hydrogen-bond donors (Lipinski definition) is 1. The average Bonchev–Trinajstić information content (AvgIpc) is 2.30. The Labute approximate surface area is 134 Å². The van der Waals surface area contributed by atoms with Gasteiger partial charge in [-0.1, -0.05) is 20.8 Å². The normalized spacial score (nSPS) is 45.6. The Balaban J connectivity index is 1.71. The summed E-state index contributed by atoms with van der Waals surface area (Å²) in [7, 11) is 0. The first-order valence-corrected chi connectivity index (χ1v) is 9.18. The molecule has 1 amide bonds. The van der Waals surface area contributed by atoms with Crippen LogP contribution in [0.2, 0.25) is 0 Å². The summed E-state index contributed by atoms with van der Waals surface area (Å²) >= 11 is 5.92. The van der Waals surface area contributed by atoms with E-state index in [-0.39, 0.29) is 17.4 Å². The second kappa shape index (κ2) is 5.15. The predicted octanol–water partition coefficient (Wildman–Crippen LogP) is 4.51. The molecule has 4 rings (SSSR count). The second-order valence-electron chi connectivity index (χ2n) is 9.13. The van der Waals surface area contributed by atoms with Crippen molar-refractivity contribution in [3.63, 3.8) is 0 Å². The number of carbonyl (C=O) groups is 1. The van der Waals surface area contributed by atoms with Gasteiger partial charge in [0.1, 0.15) is 0 Å². The van der Waals surface area contributed by atoms with Gasteiger partial charge in [0.2, 0.25) is 5.91 Å². The molecule has 0 saturated heterocycles. The van der Waals surface area contributed by atoms with Gasteiger partial charge in [0.15, 0.2) is 0 Å². The molecular formula is C18H30ClNO. The second-order valence-corrected chi connectivity index (χ2v) is 9.44. The van der Waals surface area contributed by atoms with Gasteiger partial charge in [0.05, 0.1) is 0 Å². The molecule has 4 aliphatic rings. The number of halogens is 1. The van der Waals surface area contributed by atoms with E-state index in [1.807, 2.05) is 0 Å². The number of rotatable bonds is 5. The smallest absolute Gasteiger partial charge is 0.220 e. The lowest BCUT2D eigenvalue weighted by Crippen LogP contribution is -2.56. The summed E-state index contributed by atoms with van der Waals surface area (Å²) in [5.74, 6) is 1.61. The molecule has 3 atom stereocenters. The molecule has 3 heteroatoms. The zero-order valence-corrected chi connectivity index (χ0v) is 14.6. The minimum atomic E-state index is 0.138. The molecule has 4 bridgehead atoms. The Morgan fingerprint density at radius 2 is 1.81 bits per heavy atom. The number of hydrogen-bond acceptors (Lipinski definition) is 1. The molecule has 21 heavy (non-hydrogen) atoms. The fourth-order valence-electron chi connectivity index (χ4n) is 6.75. The van der Waals surface area contributed by atoms with Crippen LogP contribution in [-0.2, 0) is 4.79 Å². The highest BCUT2D eigenvalue weighted by Gasteiger charge is 2.60. The van der Waals surface area contributed by atoms with Crippen molar-refractivity contribution in [3.8, 4) is 0 Å². The molecule has 120 valence electrons. The Morgan fingerprint density at radius 3 is 2.29 bits per heavy atom. The van der Waals surface area contributed by atoms with E-state index < -0.39 is 0 Å². The lowest BCUT2D eigenvalue weighted by molar-refractivity contribution is -0.156. The van der Waals surface area contributed by atoms with E-state index in [2.05, 4.69) is 26.1 Å². The molecular weight excluding hydrogens is 282 g/mol. The van der Waals surface area contributed by atoms with Crippen LogP contribution in [0, 0.1) is 22.2 Å². The Kier molecular flexibility index (Phi) is 3.83. The van der Waals surface area contributed by atoms with Crippen molar-refractivity contribution in [3.05, 3.63) is 0 Å². The van der Waals surface area contributed by atoms with Crippen LogP contribution in [0.25, 0.3) is 0 Å². The number of amides is 1. The molecule has 0 spiro atoms. The van der Waals surface area contributed by atoms with E-state index in [0.717, 1.165) is 18.8 Å². The molecule has 0 aromatic carbocycles. The molecule has 0 radical (unpaired) electrons. The largest absolute Gasteiger partial charge is 0.352 e.